The highest BCUT2D eigenvalue weighted by Crippen LogP contribution is 2.39. The number of rotatable bonds is 3. The van der Waals surface area contributed by atoms with E-state index >= 15 is 0 Å². The first kappa shape index (κ1) is 10.5. The van der Waals surface area contributed by atoms with Gasteiger partial charge in [-0.2, -0.15) is 0 Å². The molecular weight excluding hydrogens is 190 g/mol. The zero-order chi connectivity index (χ0) is 9.90. The van der Waals surface area contributed by atoms with Crippen molar-refractivity contribution in [3.8, 4) is 0 Å². The first-order valence-corrected chi connectivity index (χ1v) is 4.93. The molecule has 2 N–H and O–H groups in total. The number of carbonyl (C=O) groups is 2. The van der Waals surface area contributed by atoms with Crippen molar-refractivity contribution in [1.29, 1.82) is 0 Å². The summed E-state index contributed by atoms with van der Waals surface area (Å²) in [7, 11) is 0. The Kier molecular flexibility index (Phi) is 3.31. The standard InChI is InChI=1S/C9H14ClNO2/c10-7(12)6-9(8(11)13)4-2-1-3-5-9/h1-6H2,(H2,11,13). The lowest BCUT2D eigenvalue weighted by molar-refractivity contribution is -0.133. The maximum atomic E-state index is 11.2. The second-order valence-corrected chi connectivity index (χ2v) is 4.16. The number of amides is 1. The summed E-state index contributed by atoms with van der Waals surface area (Å²) in [6.45, 7) is 0. The molecule has 0 aliphatic heterocycles. The SMILES string of the molecule is NC(=O)C1(CC(=O)Cl)CCCCC1. The van der Waals surface area contributed by atoms with Gasteiger partial charge >= 0.3 is 0 Å². The van der Waals surface area contributed by atoms with Gasteiger partial charge in [0.2, 0.25) is 11.1 Å². The van der Waals surface area contributed by atoms with Crippen molar-refractivity contribution in [1.82, 2.24) is 0 Å². The number of nitrogens with two attached hydrogens (primary N) is 1. The van der Waals surface area contributed by atoms with Crippen LogP contribution in [0.15, 0.2) is 0 Å². The van der Waals surface area contributed by atoms with E-state index in [-0.39, 0.29) is 12.3 Å². The zero-order valence-electron chi connectivity index (χ0n) is 7.51. The van der Waals surface area contributed by atoms with E-state index in [2.05, 4.69) is 0 Å². The van der Waals surface area contributed by atoms with Crippen LogP contribution in [0.4, 0.5) is 0 Å². The molecule has 74 valence electrons. The van der Waals surface area contributed by atoms with Crippen molar-refractivity contribution in [3.63, 3.8) is 0 Å². The van der Waals surface area contributed by atoms with E-state index in [1.165, 1.54) is 0 Å². The fraction of sp³-hybridized carbons (Fsp3) is 0.778. The van der Waals surface area contributed by atoms with E-state index in [4.69, 9.17) is 17.3 Å². The van der Waals surface area contributed by atoms with Crippen molar-refractivity contribution in [2.75, 3.05) is 0 Å². The average molecular weight is 204 g/mol. The second kappa shape index (κ2) is 4.09. The Morgan fingerprint density at radius 3 is 2.15 bits per heavy atom. The van der Waals surface area contributed by atoms with Gasteiger partial charge in [-0.25, -0.2) is 0 Å². The minimum absolute atomic E-state index is 0.101. The maximum absolute atomic E-state index is 11.2. The summed E-state index contributed by atoms with van der Waals surface area (Å²) in [5, 5.41) is -0.458. The van der Waals surface area contributed by atoms with Gasteiger partial charge in [-0.05, 0) is 24.4 Å². The quantitative estimate of drug-likeness (QED) is 0.708. The van der Waals surface area contributed by atoms with Crippen molar-refractivity contribution in [2.45, 2.75) is 38.5 Å². The first-order valence-electron chi connectivity index (χ1n) is 4.55. The average Bonchev–Trinajstić information content (AvgIpc) is 2.04. The van der Waals surface area contributed by atoms with Crippen molar-refractivity contribution >= 4 is 22.8 Å². The van der Waals surface area contributed by atoms with Gasteiger partial charge < -0.3 is 5.73 Å². The van der Waals surface area contributed by atoms with Crippen LogP contribution in [0.1, 0.15) is 38.5 Å². The van der Waals surface area contributed by atoms with Crippen LogP contribution in [-0.2, 0) is 9.59 Å². The number of primary amides is 1. The van der Waals surface area contributed by atoms with Crippen LogP contribution in [-0.4, -0.2) is 11.1 Å². The van der Waals surface area contributed by atoms with Crippen LogP contribution in [0, 0.1) is 5.41 Å². The Morgan fingerprint density at radius 1 is 1.23 bits per heavy atom. The molecule has 0 aromatic rings. The summed E-state index contributed by atoms with van der Waals surface area (Å²) in [5.41, 5.74) is 4.66. The number of hydrogen-bond acceptors (Lipinski definition) is 2. The Hall–Kier alpha value is -0.570. The molecule has 0 aromatic heterocycles. The fourth-order valence-electron chi connectivity index (χ4n) is 2.00. The molecule has 0 spiro atoms. The highest BCUT2D eigenvalue weighted by Gasteiger charge is 2.39. The van der Waals surface area contributed by atoms with Crippen molar-refractivity contribution in [2.24, 2.45) is 11.1 Å². The van der Waals surface area contributed by atoms with Gasteiger partial charge in [0.25, 0.3) is 0 Å². The molecule has 0 heterocycles. The molecule has 1 fully saturated rings. The summed E-state index contributed by atoms with van der Waals surface area (Å²) in [6.07, 6.45) is 4.57. The molecule has 1 rings (SSSR count). The lowest BCUT2D eigenvalue weighted by Gasteiger charge is -2.32. The summed E-state index contributed by atoms with van der Waals surface area (Å²) in [6, 6.07) is 0. The molecule has 0 aromatic carbocycles. The molecule has 0 radical (unpaired) electrons. The molecule has 4 heteroatoms. The second-order valence-electron chi connectivity index (χ2n) is 3.74. The van der Waals surface area contributed by atoms with Gasteiger partial charge in [0.1, 0.15) is 0 Å². The number of halogens is 1. The summed E-state index contributed by atoms with van der Waals surface area (Å²) in [4.78, 5) is 22.0. The monoisotopic (exact) mass is 203 g/mol. The summed E-state index contributed by atoms with van der Waals surface area (Å²) in [5.74, 6) is -0.374. The van der Waals surface area contributed by atoms with Crippen LogP contribution in [0.2, 0.25) is 0 Å². The number of carbonyl (C=O) groups excluding carboxylic acids is 2. The molecule has 3 nitrogen and oxygen atoms in total. The van der Waals surface area contributed by atoms with Crippen molar-refractivity contribution in [3.05, 3.63) is 0 Å². The third kappa shape index (κ3) is 2.44. The third-order valence-electron chi connectivity index (χ3n) is 2.81. The van der Waals surface area contributed by atoms with Gasteiger partial charge in [0.15, 0.2) is 0 Å². The molecule has 0 atom stereocenters. The lowest BCUT2D eigenvalue weighted by Crippen LogP contribution is -2.39. The Morgan fingerprint density at radius 2 is 1.77 bits per heavy atom. The summed E-state index contributed by atoms with van der Waals surface area (Å²) < 4.78 is 0. The molecule has 1 aliphatic carbocycles. The molecule has 1 saturated carbocycles. The van der Waals surface area contributed by atoms with Gasteiger partial charge in [0, 0.05) is 6.42 Å². The molecule has 0 unspecified atom stereocenters. The Labute approximate surface area is 82.6 Å². The lowest BCUT2D eigenvalue weighted by atomic mass is 9.71. The molecular formula is C9H14ClNO2. The number of hydrogen-bond donors (Lipinski definition) is 1. The fourth-order valence-corrected chi connectivity index (χ4v) is 2.26. The van der Waals surface area contributed by atoms with E-state index in [1.807, 2.05) is 0 Å². The normalized spacial score (nSPS) is 21.0. The molecule has 0 bridgehead atoms. The van der Waals surface area contributed by atoms with Crippen LogP contribution in [0.3, 0.4) is 0 Å². The maximum Gasteiger partial charge on any atom is 0.224 e. The Bertz CT molecular complexity index is 222. The van der Waals surface area contributed by atoms with Gasteiger partial charge in [-0.3, -0.25) is 9.59 Å². The Balaban J connectivity index is 2.73. The van der Waals surface area contributed by atoms with Gasteiger partial charge in [0.05, 0.1) is 5.41 Å². The molecule has 13 heavy (non-hydrogen) atoms. The topological polar surface area (TPSA) is 60.2 Å². The predicted molar refractivity (Wildman–Crippen MR) is 50.2 cm³/mol. The van der Waals surface area contributed by atoms with Crippen LogP contribution >= 0.6 is 11.6 Å². The zero-order valence-corrected chi connectivity index (χ0v) is 8.27. The molecule has 1 amide bonds. The minimum Gasteiger partial charge on any atom is -0.369 e. The summed E-state index contributed by atoms with van der Waals surface area (Å²) >= 11 is 5.30. The van der Waals surface area contributed by atoms with Crippen LogP contribution in [0.5, 0.6) is 0 Å². The van der Waals surface area contributed by atoms with E-state index in [1.54, 1.807) is 0 Å². The minimum atomic E-state index is -0.642. The predicted octanol–water partition coefficient (Wildman–Crippen LogP) is 1.58. The van der Waals surface area contributed by atoms with Gasteiger partial charge in [-0.15, -0.1) is 0 Å². The molecule has 0 saturated heterocycles. The van der Waals surface area contributed by atoms with Crippen LogP contribution in [0.25, 0.3) is 0 Å². The smallest absolute Gasteiger partial charge is 0.224 e. The van der Waals surface area contributed by atoms with E-state index < -0.39 is 10.7 Å². The van der Waals surface area contributed by atoms with Crippen molar-refractivity contribution < 1.29 is 9.59 Å². The van der Waals surface area contributed by atoms with E-state index in [0.717, 1.165) is 19.3 Å². The van der Waals surface area contributed by atoms with Crippen LogP contribution < -0.4 is 5.73 Å². The van der Waals surface area contributed by atoms with E-state index in [0.29, 0.717) is 12.8 Å². The molecule has 1 aliphatic rings. The highest BCUT2D eigenvalue weighted by atomic mass is 35.5. The highest BCUT2D eigenvalue weighted by molar-refractivity contribution is 6.63. The van der Waals surface area contributed by atoms with E-state index in [9.17, 15) is 9.59 Å². The first-order chi connectivity index (χ1) is 6.07. The van der Waals surface area contributed by atoms with Gasteiger partial charge in [-0.1, -0.05) is 19.3 Å². The third-order valence-corrected chi connectivity index (χ3v) is 2.94. The largest absolute Gasteiger partial charge is 0.369 e.